The number of aromatic nitrogens is 3. The first-order valence-corrected chi connectivity index (χ1v) is 15.2. The van der Waals surface area contributed by atoms with E-state index in [0.29, 0.717) is 42.5 Å². The van der Waals surface area contributed by atoms with E-state index in [1.165, 1.54) is 0 Å². The Labute approximate surface area is 261 Å². The third-order valence-corrected chi connectivity index (χ3v) is 7.08. The van der Waals surface area contributed by atoms with Crippen molar-refractivity contribution in [1.29, 1.82) is 0 Å². The highest BCUT2D eigenvalue weighted by Crippen LogP contribution is 2.28. The number of ether oxygens (including phenoxy) is 3. The van der Waals surface area contributed by atoms with Crippen molar-refractivity contribution in [2.45, 2.75) is 72.0 Å². The second kappa shape index (κ2) is 15.6. The Morgan fingerprint density at radius 2 is 1.67 bits per heavy atom. The number of rotatable bonds is 7. The van der Waals surface area contributed by atoms with Gasteiger partial charge in [0.2, 0.25) is 11.9 Å². The van der Waals surface area contributed by atoms with Crippen LogP contribution in [-0.2, 0) is 6.54 Å². The first kappa shape index (κ1) is 33.6. The first-order chi connectivity index (χ1) is 21.5. The third kappa shape index (κ3) is 11.0. The number of halogens is 3. The van der Waals surface area contributed by atoms with Crippen LogP contribution in [0.4, 0.5) is 30.8 Å². The summed E-state index contributed by atoms with van der Waals surface area (Å²) in [5, 5.41) is 9.06. The van der Waals surface area contributed by atoms with Crippen LogP contribution >= 0.6 is 0 Å². The number of alkyl halides is 3. The Kier molecular flexibility index (Phi) is 11.7. The van der Waals surface area contributed by atoms with Crippen LogP contribution in [0.2, 0.25) is 0 Å². The standard InChI is InChI=1S/C32H41F3N6O4/c1-4-15-31(2,3)20-37-27(42)24-14-13-23-18-26(24)44-17-10-6-5-9-16-43-25-12-8-7-11-22(25)19-36-28-39-29(38-23)41-30(40-28)45-21-32(33,34)35/h7-8,11-14,18H,4-6,9-10,15-17,19-21H2,1-3H3,(H,37,42)(H2,36,38,39,40,41). The molecule has 2 heterocycles. The molecule has 0 spiro atoms. The summed E-state index contributed by atoms with van der Waals surface area (Å²) >= 11 is 0. The second-order valence-corrected chi connectivity index (χ2v) is 11.7. The average Bonchev–Trinajstić information content (AvgIpc) is 2.99. The van der Waals surface area contributed by atoms with E-state index in [0.717, 1.165) is 44.1 Å². The van der Waals surface area contributed by atoms with Gasteiger partial charge in [0.15, 0.2) is 6.61 Å². The van der Waals surface area contributed by atoms with Crippen LogP contribution in [-0.4, -0.2) is 53.4 Å². The average molecular weight is 631 g/mol. The number of carbonyl (C=O) groups is 1. The molecule has 0 saturated carbocycles. The molecule has 0 fully saturated rings. The van der Waals surface area contributed by atoms with Crippen LogP contribution in [0.5, 0.6) is 17.5 Å². The van der Waals surface area contributed by atoms with Crippen molar-refractivity contribution in [2.75, 3.05) is 37.0 Å². The van der Waals surface area contributed by atoms with E-state index in [1.807, 2.05) is 24.3 Å². The molecule has 244 valence electrons. The number of hydrogen-bond donors (Lipinski definition) is 3. The molecule has 13 heteroatoms. The van der Waals surface area contributed by atoms with Gasteiger partial charge in [-0.2, -0.15) is 28.1 Å². The normalized spacial score (nSPS) is 14.5. The zero-order valence-electron chi connectivity index (χ0n) is 25.9. The largest absolute Gasteiger partial charge is 0.493 e. The van der Waals surface area contributed by atoms with Gasteiger partial charge in [0.05, 0.1) is 18.8 Å². The molecule has 45 heavy (non-hydrogen) atoms. The van der Waals surface area contributed by atoms with Gasteiger partial charge in [-0.15, -0.1) is 0 Å². The van der Waals surface area contributed by atoms with Gasteiger partial charge in [0, 0.05) is 30.4 Å². The van der Waals surface area contributed by atoms with Gasteiger partial charge in [0.1, 0.15) is 11.5 Å². The topological polar surface area (TPSA) is 120 Å². The van der Waals surface area contributed by atoms with Crippen molar-refractivity contribution in [3.63, 3.8) is 0 Å². The maximum absolute atomic E-state index is 13.2. The SMILES string of the molecule is CCCC(C)(C)CNC(=O)c1ccc2cc1OCCCCCCOc1ccccc1CNc1nc(nc(OCC(F)(F)F)n1)N2. The van der Waals surface area contributed by atoms with Gasteiger partial charge in [-0.25, -0.2) is 0 Å². The molecule has 4 rings (SSSR count). The van der Waals surface area contributed by atoms with Gasteiger partial charge in [0.25, 0.3) is 5.91 Å². The molecule has 3 N–H and O–H groups in total. The van der Waals surface area contributed by atoms with Gasteiger partial charge in [-0.3, -0.25) is 4.79 Å². The Hall–Kier alpha value is -4.29. The van der Waals surface area contributed by atoms with E-state index < -0.39 is 18.8 Å². The summed E-state index contributed by atoms with van der Waals surface area (Å²) in [6.07, 6.45) is 0.878. The molecule has 1 aliphatic rings. The number of hydrogen-bond acceptors (Lipinski definition) is 9. The predicted molar refractivity (Wildman–Crippen MR) is 165 cm³/mol. The molecule has 0 radical (unpaired) electrons. The van der Waals surface area contributed by atoms with Crippen LogP contribution in [0.1, 0.15) is 75.2 Å². The molecule has 0 aliphatic carbocycles. The lowest BCUT2D eigenvalue weighted by atomic mass is 9.88. The number of para-hydroxylation sites is 1. The van der Waals surface area contributed by atoms with Crippen molar-refractivity contribution in [2.24, 2.45) is 5.41 Å². The summed E-state index contributed by atoms with van der Waals surface area (Å²) in [5.41, 5.74) is 1.60. The number of nitrogens with zero attached hydrogens (tertiary/aromatic N) is 3. The summed E-state index contributed by atoms with van der Waals surface area (Å²) in [7, 11) is 0. The zero-order valence-corrected chi connectivity index (χ0v) is 25.9. The zero-order chi connectivity index (χ0) is 32.3. The van der Waals surface area contributed by atoms with Crippen LogP contribution < -0.4 is 30.2 Å². The van der Waals surface area contributed by atoms with E-state index in [4.69, 9.17) is 14.2 Å². The monoisotopic (exact) mass is 630 g/mol. The fourth-order valence-electron chi connectivity index (χ4n) is 4.81. The number of benzene rings is 2. The third-order valence-electron chi connectivity index (χ3n) is 7.08. The van der Waals surface area contributed by atoms with Crippen LogP contribution in [0.25, 0.3) is 0 Å². The van der Waals surface area contributed by atoms with Crippen LogP contribution in [0.15, 0.2) is 42.5 Å². The van der Waals surface area contributed by atoms with Gasteiger partial charge in [-0.1, -0.05) is 45.4 Å². The predicted octanol–water partition coefficient (Wildman–Crippen LogP) is 7.06. The minimum atomic E-state index is -4.58. The summed E-state index contributed by atoms with van der Waals surface area (Å²) < 4.78 is 55.8. The minimum Gasteiger partial charge on any atom is -0.493 e. The Bertz CT molecular complexity index is 1420. The molecular weight excluding hydrogens is 589 g/mol. The molecule has 10 nitrogen and oxygen atoms in total. The molecule has 4 bridgehead atoms. The van der Waals surface area contributed by atoms with Gasteiger partial charge in [-0.05, 0) is 55.7 Å². The van der Waals surface area contributed by atoms with Crippen molar-refractivity contribution >= 4 is 23.5 Å². The summed E-state index contributed by atoms with van der Waals surface area (Å²) in [5.74, 6) is 0.733. The molecule has 1 amide bonds. The highest BCUT2D eigenvalue weighted by molar-refractivity contribution is 5.97. The number of nitrogens with one attached hydrogen (secondary N) is 3. The second-order valence-electron chi connectivity index (χ2n) is 11.7. The summed E-state index contributed by atoms with van der Waals surface area (Å²) in [6.45, 7) is 6.42. The minimum absolute atomic E-state index is 0.000408. The maximum atomic E-state index is 13.2. The number of fused-ring (bicyclic) bond motifs is 5. The quantitative estimate of drug-likeness (QED) is 0.252. The molecule has 3 aromatic rings. The fraction of sp³-hybridized carbons (Fsp3) is 0.500. The van der Waals surface area contributed by atoms with E-state index >= 15 is 0 Å². The molecule has 0 atom stereocenters. The molecule has 2 aromatic carbocycles. The van der Waals surface area contributed by atoms with E-state index in [9.17, 15) is 18.0 Å². The molecule has 1 aromatic heterocycles. The lowest BCUT2D eigenvalue weighted by molar-refractivity contribution is -0.154. The summed E-state index contributed by atoms with van der Waals surface area (Å²) in [4.78, 5) is 25.6. The smallest absolute Gasteiger partial charge is 0.422 e. The maximum Gasteiger partial charge on any atom is 0.422 e. The van der Waals surface area contributed by atoms with Gasteiger partial charge >= 0.3 is 12.2 Å². The summed E-state index contributed by atoms with van der Waals surface area (Å²) in [6, 6.07) is 11.9. The Morgan fingerprint density at radius 3 is 2.40 bits per heavy atom. The van der Waals surface area contributed by atoms with Crippen LogP contribution in [0.3, 0.4) is 0 Å². The molecule has 1 aliphatic heterocycles. The molecular formula is C32H41F3N6O4. The van der Waals surface area contributed by atoms with Crippen molar-refractivity contribution in [1.82, 2.24) is 20.3 Å². The van der Waals surface area contributed by atoms with Crippen molar-refractivity contribution < 1.29 is 32.2 Å². The number of carbonyl (C=O) groups excluding carboxylic acids is 1. The lowest BCUT2D eigenvalue weighted by Gasteiger charge is -2.24. The molecule has 0 saturated heterocycles. The van der Waals surface area contributed by atoms with Gasteiger partial charge < -0.3 is 30.2 Å². The highest BCUT2D eigenvalue weighted by atomic mass is 19.4. The van der Waals surface area contributed by atoms with Crippen molar-refractivity contribution in [3.05, 3.63) is 53.6 Å². The first-order valence-electron chi connectivity index (χ1n) is 15.2. The molecule has 0 unspecified atom stereocenters. The van der Waals surface area contributed by atoms with E-state index in [-0.39, 0.29) is 29.8 Å². The Balaban J connectivity index is 1.63. The lowest BCUT2D eigenvalue weighted by Crippen LogP contribution is -2.34. The fourth-order valence-corrected chi connectivity index (χ4v) is 4.81. The number of anilines is 3. The van der Waals surface area contributed by atoms with E-state index in [1.54, 1.807) is 18.2 Å². The van der Waals surface area contributed by atoms with E-state index in [2.05, 4.69) is 51.7 Å². The Morgan fingerprint density at radius 1 is 0.956 bits per heavy atom. The van der Waals surface area contributed by atoms with Crippen molar-refractivity contribution in [3.8, 4) is 17.5 Å². The van der Waals surface area contributed by atoms with Crippen LogP contribution in [0, 0.1) is 5.41 Å². The highest BCUT2D eigenvalue weighted by Gasteiger charge is 2.29. The number of amides is 1.